The lowest BCUT2D eigenvalue weighted by Crippen LogP contribution is -2.32. The third-order valence-corrected chi connectivity index (χ3v) is 3.66. The van der Waals surface area contributed by atoms with Crippen molar-refractivity contribution in [3.05, 3.63) is 47.8 Å². The first-order chi connectivity index (χ1) is 10.2. The van der Waals surface area contributed by atoms with E-state index in [4.69, 9.17) is 5.73 Å². The number of nitrogens with two attached hydrogens (primary N) is 1. The molecule has 0 saturated heterocycles. The highest BCUT2D eigenvalue weighted by Crippen LogP contribution is 2.20. The van der Waals surface area contributed by atoms with E-state index in [-0.39, 0.29) is 6.04 Å². The molecule has 0 amide bonds. The molecule has 0 radical (unpaired) electrons. The van der Waals surface area contributed by atoms with Gasteiger partial charge in [-0.25, -0.2) is 4.98 Å². The largest absolute Gasteiger partial charge is 0.333 e. The summed E-state index contributed by atoms with van der Waals surface area (Å²) in [5.74, 6) is 0. The molecule has 2 aromatic rings. The van der Waals surface area contributed by atoms with E-state index in [0.717, 1.165) is 30.9 Å². The molecule has 0 aliphatic heterocycles. The van der Waals surface area contributed by atoms with Crippen LogP contribution in [0.2, 0.25) is 0 Å². The fraction of sp³-hybridized carbons (Fsp3) is 0.500. The van der Waals surface area contributed by atoms with Gasteiger partial charge in [-0.15, -0.1) is 0 Å². The van der Waals surface area contributed by atoms with Gasteiger partial charge in [-0.2, -0.15) is 0 Å². The molecule has 1 unspecified atom stereocenters. The molecule has 0 aliphatic rings. The van der Waals surface area contributed by atoms with Gasteiger partial charge in [-0.1, -0.05) is 13.0 Å². The lowest BCUT2D eigenvalue weighted by atomic mass is 10.1. The van der Waals surface area contributed by atoms with Crippen LogP contribution >= 0.6 is 0 Å². The number of imidazole rings is 1. The van der Waals surface area contributed by atoms with Crippen LogP contribution in [-0.4, -0.2) is 33.0 Å². The summed E-state index contributed by atoms with van der Waals surface area (Å²) in [6.07, 6.45) is 4.90. The number of rotatable bonds is 7. The van der Waals surface area contributed by atoms with Gasteiger partial charge in [0.05, 0.1) is 23.8 Å². The summed E-state index contributed by atoms with van der Waals surface area (Å²) in [6, 6.07) is 6.27. The van der Waals surface area contributed by atoms with E-state index in [1.807, 2.05) is 31.6 Å². The molecule has 0 bridgehead atoms. The number of nitrogens with zero attached hydrogens (tertiary/aromatic N) is 4. The van der Waals surface area contributed by atoms with Crippen molar-refractivity contribution >= 4 is 0 Å². The maximum absolute atomic E-state index is 6.01. The third-order valence-electron chi connectivity index (χ3n) is 3.66. The van der Waals surface area contributed by atoms with Gasteiger partial charge in [0.15, 0.2) is 0 Å². The Kier molecular flexibility index (Phi) is 5.47. The zero-order chi connectivity index (χ0) is 15.2. The lowest BCUT2D eigenvalue weighted by Gasteiger charge is -2.27. The van der Waals surface area contributed by atoms with Crippen molar-refractivity contribution in [1.29, 1.82) is 0 Å². The van der Waals surface area contributed by atoms with Gasteiger partial charge in [0, 0.05) is 31.5 Å². The third kappa shape index (κ3) is 3.89. The quantitative estimate of drug-likeness (QED) is 0.847. The van der Waals surface area contributed by atoms with Gasteiger partial charge in [0.1, 0.15) is 0 Å². The fourth-order valence-corrected chi connectivity index (χ4v) is 2.62. The average molecular weight is 287 g/mol. The SMILES string of the molecule is CCCn1cncc1C(CN)N(C)Cc1cccc(C)n1. The second kappa shape index (κ2) is 7.33. The number of pyridine rings is 1. The molecule has 21 heavy (non-hydrogen) atoms. The summed E-state index contributed by atoms with van der Waals surface area (Å²) in [5, 5.41) is 0. The minimum Gasteiger partial charge on any atom is -0.333 e. The van der Waals surface area contributed by atoms with Crippen LogP contribution < -0.4 is 5.73 Å². The maximum Gasteiger partial charge on any atom is 0.0948 e. The topological polar surface area (TPSA) is 60.0 Å². The van der Waals surface area contributed by atoms with Gasteiger partial charge in [-0.05, 0) is 32.5 Å². The number of hydrogen-bond donors (Lipinski definition) is 1. The molecular weight excluding hydrogens is 262 g/mol. The summed E-state index contributed by atoms with van der Waals surface area (Å²) >= 11 is 0. The molecule has 114 valence electrons. The molecule has 5 nitrogen and oxygen atoms in total. The van der Waals surface area contributed by atoms with Crippen LogP contribution in [0, 0.1) is 6.92 Å². The Bertz CT molecular complexity index is 563. The predicted octanol–water partition coefficient (Wildman–Crippen LogP) is 2.13. The Morgan fingerprint density at radius 2 is 2.19 bits per heavy atom. The first-order valence-electron chi connectivity index (χ1n) is 7.48. The zero-order valence-corrected chi connectivity index (χ0v) is 13.2. The molecule has 5 heteroatoms. The van der Waals surface area contributed by atoms with Crippen molar-refractivity contribution in [3.63, 3.8) is 0 Å². The van der Waals surface area contributed by atoms with Crippen molar-refractivity contribution in [2.75, 3.05) is 13.6 Å². The average Bonchev–Trinajstić information content (AvgIpc) is 2.88. The minimum absolute atomic E-state index is 0.154. The number of aryl methyl sites for hydroxylation is 2. The summed E-state index contributed by atoms with van der Waals surface area (Å²) in [5.41, 5.74) is 9.30. The molecule has 0 spiro atoms. The van der Waals surface area contributed by atoms with Crippen molar-refractivity contribution in [1.82, 2.24) is 19.4 Å². The lowest BCUT2D eigenvalue weighted by molar-refractivity contribution is 0.229. The predicted molar refractivity (Wildman–Crippen MR) is 84.8 cm³/mol. The fourth-order valence-electron chi connectivity index (χ4n) is 2.62. The summed E-state index contributed by atoms with van der Waals surface area (Å²) in [4.78, 5) is 11.1. The van der Waals surface area contributed by atoms with Crippen LogP contribution in [0.3, 0.4) is 0 Å². The van der Waals surface area contributed by atoms with E-state index in [1.54, 1.807) is 0 Å². The highest BCUT2D eigenvalue weighted by Gasteiger charge is 2.19. The Morgan fingerprint density at radius 1 is 1.38 bits per heavy atom. The summed E-state index contributed by atoms with van der Waals surface area (Å²) < 4.78 is 2.19. The summed E-state index contributed by atoms with van der Waals surface area (Å²) in [7, 11) is 2.09. The van der Waals surface area contributed by atoms with Crippen LogP contribution in [-0.2, 0) is 13.1 Å². The second-order valence-electron chi connectivity index (χ2n) is 5.45. The number of likely N-dealkylation sites (N-methyl/N-ethyl adjacent to an activating group) is 1. The van der Waals surface area contributed by atoms with Gasteiger partial charge >= 0.3 is 0 Å². The normalized spacial score (nSPS) is 12.8. The standard InChI is InChI=1S/C16H25N5/c1-4-8-21-12-18-10-16(21)15(9-17)20(3)11-14-7-5-6-13(2)19-14/h5-7,10,12,15H,4,8-9,11,17H2,1-3H3. The van der Waals surface area contributed by atoms with E-state index in [9.17, 15) is 0 Å². The van der Waals surface area contributed by atoms with Crippen LogP contribution in [0.1, 0.15) is 36.5 Å². The van der Waals surface area contributed by atoms with E-state index in [2.05, 4.69) is 39.5 Å². The molecule has 0 aliphatic carbocycles. The molecule has 0 saturated carbocycles. The Balaban J connectivity index is 2.14. The molecule has 0 fully saturated rings. The van der Waals surface area contributed by atoms with E-state index in [1.165, 1.54) is 5.69 Å². The molecule has 2 heterocycles. The summed E-state index contributed by atoms with van der Waals surface area (Å²) in [6.45, 7) is 6.50. The highest BCUT2D eigenvalue weighted by atomic mass is 15.2. The Hall–Kier alpha value is -1.72. The van der Waals surface area contributed by atoms with Crippen molar-refractivity contribution < 1.29 is 0 Å². The Morgan fingerprint density at radius 3 is 2.86 bits per heavy atom. The second-order valence-corrected chi connectivity index (χ2v) is 5.45. The van der Waals surface area contributed by atoms with Gasteiger partial charge in [-0.3, -0.25) is 9.88 Å². The first kappa shape index (κ1) is 15.7. The molecule has 1 atom stereocenters. The molecule has 0 aromatic carbocycles. The molecule has 2 rings (SSSR count). The van der Waals surface area contributed by atoms with E-state index in [0.29, 0.717) is 6.54 Å². The number of hydrogen-bond acceptors (Lipinski definition) is 4. The van der Waals surface area contributed by atoms with Crippen molar-refractivity contribution in [2.45, 2.75) is 39.4 Å². The van der Waals surface area contributed by atoms with Crippen LogP contribution in [0.4, 0.5) is 0 Å². The minimum atomic E-state index is 0.154. The van der Waals surface area contributed by atoms with Crippen molar-refractivity contribution in [2.24, 2.45) is 5.73 Å². The molecular formula is C16H25N5. The Labute approximate surface area is 126 Å². The highest BCUT2D eigenvalue weighted by molar-refractivity contribution is 5.11. The van der Waals surface area contributed by atoms with Gasteiger partial charge in [0.2, 0.25) is 0 Å². The van der Waals surface area contributed by atoms with Crippen molar-refractivity contribution in [3.8, 4) is 0 Å². The van der Waals surface area contributed by atoms with Crippen LogP contribution in [0.15, 0.2) is 30.7 Å². The smallest absolute Gasteiger partial charge is 0.0948 e. The molecule has 2 N–H and O–H groups in total. The van der Waals surface area contributed by atoms with Gasteiger partial charge in [0.25, 0.3) is 0 Å². The number of aromatic nitrogens is 3. The van der Waals surface area contributed by atoms with E-state index >= 15 is 0 Å². The monoisotopic (exact) mass is 287 g/mol. The first-order valence-corrected chi connectivity index (χ1v) is 7.48. The van der Waals surface area contributed by atoms with Crippen LogP contribution in [0.5, 0.6) is 0 Å². The zero-order valence-electron chi connectivity index (χ0n) is 13.2. The van der Waals surface area contributed by atoms with Gasteiger partial charge < -0.3 is 10.3 Å². The van der Waals surface area contributed by atoms with E-state index < -0.39 is 0 Å². The molecule has 2 aromatic heterocycles. The van der Waals surface area contributed by atoms with Crippen LogP contribution in [0.25, 0.3) is 0 Å². The maximum atomic E-state index is 6.01.